The summed E-state index contributed by atoms with van der Waals surface area (Å²) in [6, 6.07) is 17.0. The van der Waals surface area contributed by atoms with E-state index in [0.717, 1.165) is 25.3 Å². The van der Waals surface area contributed by atoms with Crippen molar-refractivity contribution in [3.8, 4) is 16.9 Å². The van der Waals surface area contributed by atoms with Crippen molar-refractivity contribution < 1.29 is 4.74 Å². The summed E-state index contributed by atoms with van der Waals surface area (Å²) < 4.78 is 5.18. The van der Waals surface area contributed by atoms with E-state index < -0.39 is 0 Å². The minimum absolute atomic E-state index is 0.896. The van der Waals surface area contributed by atoms with E-state index in [1.165, 1.54) is 23.1 Å². The predicted octanol–water partition coefficient (Wildman–Crippen LogP) is 3.90. The molecule has 2 aromatic rings. The van der Waals surface area contributed by atoms with Gasteiger partial charge in [0.05, 0.1) is 7.11 Å². The normalized spacial score (nSPS) is 10.5. The van der Waals surface area contributed by atoms with E-state index in [0.29, 0.717) is 0 Å². The molecule has 0 fully saturated rings. The van der Waals surface area contributed by atoms with Crippen LogP contribution in [-0.2, 0) is 6.42 Å². The topological polar surface area (TPSA) is 21.3 Å². The molecule has 0 bridgehead atoms. The van der Waals surface area contributed by atoms with Gasteiger partial charge in [-0.2, -0.15) is 0 Å². The lowest BCUT2D eigenvalue weighted by molar-refractivity contribution is 0.415. The molecule has 2 heteroatoms. The van der Waals surface area contributed by atoms with E-state index in [1.54, 1.807) is 7.11 Å². The SMILES string of the molecule is CCCNCCc1ccc(-c2ccc(OC)cc2)cc1. The van der Waals surface area contributed by atoms with Gasteiger partial charge in [0, 0.05) is 0 Å². The van der Waals surface area contributed by atoms with Crippen LogP contribution in [0.25, 0.3) is 11.1 Å². The summed E-state index contributed by atoms with van der Waals surface area (Å²) in [5.74, 6) is 0.896. The van der Waals surface area contributed by atoms with E-state index in [2.05, 4.69) is 48.6 Å². The first kappa shape index (κ1) is 14.6. The van der Waals surface area contributed by atoms with Crippen molar-refractivity contribution in [2.45, 2.75) is 19.8 Å². The Morgan fingerprint density at radius 3 is 2.00 bits per heavy atom. The van der Waals surface area contributed by atoms with Gasteiger partial charge in [-0.05, 0) is 54.8 Å². The second-order valence-electron chi connectivity index (χ2n) is 4.93. The highest BCUT2D eigenvalue weighted by atomic mass is 16.5. The fourth-order valence-corrected chi connectivity index (χ4v) is 2.18. The predicted molar refractivity (Wildman–Crippen MR) is 85.3 cm³/mol. The minimum atomic E-state index is 0.896. The van der Waals surface area contributed by atoms with Crippen LogP contribution in [-0.4, -0.2) is 20.2 Å². The van der Waals surface area contributed by atoms with Crippen LogP contribution in [0.2, 0.25) is 0 Å². The van der Waals surface area contributed by atoms with Gasteiger partial charge >= 0.3 is 0 Å². The van der Waals surface area contributed by atoms with Crippen LogP contribution >= 0.6 is 0 Å². The summed E-state index contributed by atoms with van der Waals surface area (Å²) in [4.78, 5) is 0. The Hall–Kier alpha value is -1.80. The summed E-state index contributed by atoms with van der Waals surface area (Å²) in [5, 5.41) is 3.43. The molecular formula is C18H23NO. The van der Waals surface area contributed by atoms with E-state index in [-0.39, 0.29) is 0 Å². The number of methoxy groups -OCH3 is 1. The van der Waals surface area contributed by atoms with Crippen LogP contribution in [0.3, 0.4) is 0 Å². The largest absolute Gasteiger partial charge is 0.497 e. The average Bonchev–Trinajstić information content (AvgIpc) is 2.52. The fourth-order valence-electron chi connectivity index (χ4n) is 2.18. The molecule has 0 unspecified atom stereocenters. The zero-order chi connectivity index (χ0) is 14.2. The lowest BCUT2D eigenvalue weighted by Crippen LogP contribution is -2.17. The Labute approximate surface area is 121 Å². The van der Waals surface area contributed by atoms with E-state index in [1.807, 2.05) is 12.1 Å². The molecule has 0 saturated carbocycles. The zero-order valence-electron chi connectivity index (χ0n) is 12.4. The van der Waals surface area contributed by atoms with Crippen molar-refractivity contribution in [2.24, 2.45) is 0 Å². The lowest BCUT2D eigenvalue weighted by Gasteiger charge is -2.06. The molecule has 1 N–H and O–H groups in total. The third-order valence-electron chi connectivity index (χ3n) is 3.39. The molecule has 0 radical (unpaired) electrons. The highest BCUT2D eigenvalue weighted by Crippen LogP contribution is 2.22. The first-order valence-electron chi connectivity index (χ1n) is 7.27. The Morgan fingerprint density at radius 2 is 1.45 bits per heavy atom. The fraction of sp³-hybridized carbons (Fsp3) is 0.333. The van der Waals surface area contributed by atoms with Crippen LogP contribution in [0, 0.1) is 0 Å². The third-order valence-corrected chi connectivity index (χ3v) is 3.39. The van der Waals surface area contributed by atoms with Gasteiger partial charge in [-0.1, -0.05) is 43.3 Å². The Morgan fingerprint density at radius 1 is 0.850 bits per heavy atom. The Bertz CT molecular complexity index is 502. The molecule has 106 valence electrons. The number of nitrogens with one attached hydrogen (secondary N) is 1. The van der Waals surface area contributed by atoms with Crippen molar-refractivity contribution in [3.63, 3.8) is 0 Å². The van der Waals surface area contributed by atoms with Gasteiger partial charge in [0.25, 0.3) is 0 Å². The maximum absolute atomic E-state index is 5.18. The molecule has 0 heterocycles. The van der Waals surface area contributed by atoms with Gasteiger partial charge in [-0.3, -0.25) is 0 Å². The number of benzene rings is 2. The second kappa shape index (κ2) is 7.71. The molecule has 0 aromatic heterocycles. The lowest BCUT2D eigenvalue weighted by atomic mass is 10.0. The molecule has 20 heavy (non-hydrogen) atoms. The third kappa shape index (κ3) is 4.10. The van der Waals surface area contributed by atoms with Crippen molar-refractivity contribution in [1.29, 1.82) is 0 Å². The molecule has 2 nitrogen and oxygen atoms in total. The highest BCUT2D eigenvalue weighted by molar-refractivity contribution is 5.64. The molecule has 0 saturated heterocycles. The summed E-state index contributed by atoms with van der Waals surface area (Å²) in [6.07, 6.45) is 2.28. The molecule has 0 atom stereocenters. The monoisotopic (exact) mass is 269 g/mol. The number of hydrogen-bond acceptors (Lipinski definition) is 2. The molecule has 2 rings (SSSR count). The maximum Gasteiger partial charge on any atom is 0.118 e. The van der Waals surface area contributed by atoms with E-state index >= 15 is 0 Å². The Balaban J connectivity index is 1.96. The second-order valence-corrected chi connectivity index (χ2v) is 4.93. The van der Waals surface area contributed by atoms with Crippen molar-refractivity contribution in [1.82, 2.24) is 5.32 Å². The summed E-state index contributed by atoms with van der Waals surface area (Å²) in [5.41, 5.74) is 3.85. The molecule has 0 spiro atoms. The van der Waals surface area contributed by atoms with E-state index in [9.17, 15) is 0 Å². The highest BCUT2D eigenvalue weighted by Gasteiger charge is 1.99. The van der Waals surface area contributed by atoms with Crippen molar-refractivity contribution >= 4 is 0 Å². The number of ether oxygens (including phenoxy) is 1. The van der Waals surface area contributed by atoms with Gasteiger partial charge in [-0.25, -0.2) is 0 Å². The molecule has 0 aliphatic rings. The van der Waals surface area contributed by atoms with Gasteiger partial charge in [0.1, 0.15) is 5.75 Å². The molecule has 0 aliphatic carbocycles. The minimum Gasteiger partial charge on any atom is -0.497 e. The summed E-state index contributed by atoms with van der Waals surface area (Å²) in [6.45, 7) is 4.34. The van der Waals surface area contributed by atoms with Crippen LogP contribution in [0.1, 0.15) is 18.9 Å². The van der Waals surface area contributed by atoms with E-state index in [4.69, 9.17) is 4.74 Å². The summed E-state index contributed by atoms with van der Waals surface area (Å²) in [7, 11) is 1.69. The maximum atomic E-state index is 5.18. The van der Waals surface area contributed by atoms with Crippen LogP contribution in [0.4, 0.5) is 0 Å². The van der Waals surface area contributed by atoms with Crippen LogP contribution in [0.15, 0.2) is 48.5 Å². The standard InChI is InChI=1S/C18H23NO/c1-3-13-19-14-12-15-4-6-16(7-5-15)17-8-10-18(20-2)11-9-17/h4-11,19H,3,12-14H2,1-2H3. The van der Waals surface area contributed by atoms with Crippen LogP contribution < -0.4 is 10.1 Å². The molecule has 0 amide bonds. The first-order valence-corrected chi connectivity index (χ1v) is 7.27. The van der Waals surface area contributed by atoms with Gasteiger partial charge in [0.15, 0.2) is 0 Å². The summed E-state index contributed by atoms with van der Waals surface area (Å²) >= 11 is 0. The van der Waals surface area contributed by atoms with Crippen LogP contribution in [0.5, 0.6) is 5.75 Å². The van der Waals surface area contributed by atoms with Gasteiger partial charge in [-0.15, -0.1) is 0 Å². The molecule has 2 aromatic carbocycles. The zero-order valence-corrected chi connectivity index (χ0v) is 12.4. The average molecular weight is 269 g/mol. The molecule has 0 aliphatic heterocycles. The first-order chi connectivity index (χ1) is 9.83. The quantitative estimate of drug-likeness (QED) is 0.770. The smallest absolute Gasteiger partial charge is 0.118 e. The number of hydrogen-bond donors (Lipinski definition) is 1. The molecular weight excluding hydrogens is 246 g/mol. The van der Waals surface area contributed by atoms with Gasteiger partial charge in [0.2, 0.25) is 0 Å². The van der Waals surface area contributed by atoms with Crippen molar-refractivity contribution in [3.05, 3.63) is 54.1 Å². The Kier molecular flexibility index (Phi) is 5.63. The van der Waals surface area contributed by atoms with Gasteiger partial charge < -0.3 is 10.1 Å². The van der Waals surface area contributed by atoms with Crippen molar-refractivity contribution in [2.75, 3.05) is 20.2 Å². The number of rotatable bonds is 7.